The van der Waals surface area contributed by atoms with Gasteiger partial charge in [-0.25, -0.2) is 4.79 Å². The molecule has 5 heteroatoms. The van der Waals surface area contributed by atoms with Gasteiger partial charge in [-0.15, -0.1) is 0 Å². The molecule has 3 aliphatic rings. The zero-order valence-electron chi connectivity index (χ0n) is 13.6. The van der Waals surface area contributed by atoms with Gasteiger partial charge in [0.25, 0.3) is 0 Å². The molecule has 2 amide bonds. The molecule has 1 aromatic rings. The maximum Gasteiger partial charge on any atom is 0.322 e. The van der Waals surface area contributed by atoms with E-state index in [1.54, 1.807) is 0 Å². The summed E-state index contributed by atoms with van der Waals surface area (Å²) in [6.07, 6.45) is 4.48. The van der Waals surface area contributed by atoms with Crippen LogP contribution in [-0.4, -0.2) is 37.1 Å². The van der Waals surface area contributed by atoms with Gasteiger partial charge in [-0.2, -0.15) is 0 Å². The SMILES string of the molecule is CC1Cc2ccccc2N1C(=O)NC1CCC2(CC1)OCCO2. The Morgan fingerprint density at radius 2 is 1.91 bits per heavy atom. The number of hydrogen-bond donors (Lipinski definition) is 1. The second-order valence-corrected chi connectivity index (χ2v) is 6.88. The molecule has 124 valence electrons. The van der Waals surface area contributed by atoms with E-state index in [4.69, 9.17) is 9.47 Å². The van der Waals surface area contributed by atoms with Crippen LogP contribution in [0.3, 0.4) is 0 Å². The molecule has 1 N–H and O–H groups in total. The van der Waals surface area contributed by atoms with E-state index in [0.29, 0.717) is 13.2 Å². The Morgan fingerprint density at radius 1 is 1.22 bits per heavy atom. The molecule has 0 radical (unpaired) electrons. The van der Waals surface area contributed by atoms with Crippen LogP contribution < -0.4 is 10.2 Å². The molecular weight excluding hydrogens is 292 g/mol. The van der Waals surface area contributed by atoms with E-state index in [-0.39, 0.29) is 23.9 Å². The first-order valence-electron chi connectivity index (χ1n) is 8.62. The Bertz CT molecular complexity index is 588. The Morgan fingerprint density at radius 3 is 2.65 bits per heavy atom. The minimum atomic E-state index is -0.366. The Kier molecular flexibility index (Phi) is 3.77. The van der Waals surface area contributed by atoms with Crippen LogP contribution in [0.2, 0.25) is 0 Å². The first-order chi connectivity index (χ1) is 11.2. The minimum absolute atomic E-state index is 0.0247. The van der Waals surface area contributed by atoms with Gasteiger partial charge in [0.1, 0.15) is 0 Å². The normalized spacial score (nSPS) is 26.5. The van der Waals surface area contributed by atoms with Crippen LogP contribution in [0.4, 0.5) is 10.5 Å². The van der Waals surface area contributed by atoms with Crippen LogP contribution in [0, 0.1) is 0 Å². The maximum absolute atomic E-state index is 12.8. The van der Waals surface area contributed by atoms with Crippen molar-refractivity contribution >= 4 is 11.7 Å². The number of para-hydroxylation sites is 1. The van der Waals surface area contributed by atoms with Crippen molar-refractivity contribution in [2.75, 3.05) is 18.1 Å². The molecule has 0 aromatic heterocycles. The van der Waals surface area contributed by atoms with Gasteiger partial charge in [0, 0.05) is 30.6 Å². The number of ether oxygens (including phenoxy) is 2. The average molecular weight is 316 g/mol. The van der Waals surface area contributed by atoms with Crippen molar-refractivity contribution in [3.05, 3.63) is 29.8 Å². The first kappa shape index (κ1) is 15.0. The van der Waals surface area contributed by atoms with Crippen LogP contribution >= 0.6 is 0 Å². The van der Waals surface area contributed by atoms with Crippen molar-refractivity contribution in [2.45, 2.75) is 56.9 Å². The number of benzene rings is 1. The van der Waals surface area contributed by atoms with Gasteiger partial charge >= 0.3 is 6.03 Å². The highest BCUT2D eigenvalue weighted by molar-refractivity contribution is 5.95. The second kappa shape index (κ2) is 5.80. The molecule has 2 heterocycles. The number of nitrogens with one attached hydrogen (secondary N) is 1. The molecule has 0 bridgehead atoms. The van der Waals surface area contributed by atoms with E-state index in [2.05, 4.69) is 18.3 Å². The monoisotopic (exact) mass is 316 g/mol. The third-order valence-electron chi connectivity index (χ3n) is 5.31. The second-order valence-electron chi connectivity index (χ2n) is 6.88. The molecule has 1 atom stereocenters. The van der Waals surface area contributed by atoms with Crippen LogP contribution in [0.25, 0.3) is 0 Å². The summed E-state index contributed by atoms with van der Waals surface area (Å²) in [6, 6.07) is 8.62. The topological polar surface area (TPSA) is 50.8 Å². The molecule has 1 saturated heterocycles. The summed E-state index contributed by atoms with van der Waals surface area (Å²) in [7, 11) is 0. The van der Waals surface area contributed by atoms with Gasteiger partial charge in [-0.05, 0) is 37.8 Å². The molecule has 1 unspecified atom stereocenters. The van der Waals surface area contributed by atoms with Crippen molar-refractivity contribution in [3.8, 4) is 0 Å². The van der Waals surface area contributed by atoms with E-state index < -0.39 is 0 Å². The van der Waals surface area contributed by atoms with E-state index >= 15 is 0 Å². The smallest absolute Gasteiger partial charge is 0.322 e. The van der Waals surface area contributed by atoms with E-state index in [1.807, 2.05) is 23.1 Å². The van der Waals surface area contributed by atoms with E-state index in [0.717, 1.165) is 37.8 Å². The summed E-state index contributed by atoms with van der Waals surface area (Å²) in [5.41, 5.74) is 2.30. The molecule has 2 fully saturated rings. The lowest BCUT2D eigenvalue weighted by Crippen LogP contribution is -2.50. The van der Waals surface area contributed by atoms with Crippen LogP contribution in [0.1, 0.15) is 38.2 Å². The fourth-order valence-corrected chi connectivity index (χ4v) is 4.11. The van der Waals surface area contributed by atoms with Crippen molar-refractivity contribution in [2.24, 2.45) is 0 Å². The number of carbonyl (C=O) groups excluding carboxylic acids is 1. The summed E-state index contributed by atoms with van der Waals surface area (Å²) in [4.78, 5) is 14.7. The highest BCUT2D eigenvalue weighted by atomic mass is 16.7. The Hall–Kier alpha value is -1.59. The molecule has 5 nitrogen and oxygen atoms in total. The molecule has 1 saturated carbocycles. The van der Waals surface area contributed by atoms with Gasteiger partial charge in [0.15, 0.2) is 5.79 Å². The van der Waals surface area contributed by atoms with Crippen LogP contribution in [0.5, 0.6) is 0 Å². The lowest BCUT2D eigenvalue weighted by molar-refractivity contribution is -0.179. The van der Waals surface area contributed by atoms with Gasteiger partial charge in [-0.3, -0.25) is 4.90 Å². The summed E-state index contributed by atoms with van der Waals surface area (Å²) >= 11 is 0. The van der Waals surface area contributed by atoms with Crippen LogP contribution in [0.15, 0.2) is 24.3 Å². The third-order valence-corrected chi connectivity index (χ3v) is 5.31. The van der Waals surface area contributed by atoms with Crippen molar-refractivity contribution in [1.82, 2.24) is 5.32 Å². The highest BCUT2D eigenvalue weighted by Crippen LogP contribution is 2.36. The summed E-state index contributed by atoms with van der Waals surface area (Å²) in [6.45, 7) is 3.49. The summed E-state index contributed by atoms with van der Waals surface area (Å²) in [5.74, 6) is -0.366. The Balaban J connectivity index is 1.39. The van der Waals surface area contributed by atoms with E-state index in [9.17, 15) is 4.79 Å². The lowest BCUT2D eigenvalue weighted by atomic mass is 9.90. The van der Waals surface area contributed by atoms with Gasteiger partial charge in [0.2, 0.25) is 0 Å². The average Bonchev–Trinajstić information content (AvgIpc) is 3.13. The first-order valence-corrected chi connectivity index (χ1v) is 8.62. The number of nitrogens with zero attached hydrogens (tertiary/aromatic N) is 1. The quantitative estimate of drug-likeness (QED) is 0.867. The van der Waals surface area contributed by atoms with Gasteiger partial charge in [0.05, 0.1) is 13.2 Å². The Labute approximate surface area is 136 Å². The van der Waals surface area contributed by atoms with Crippen molar-refractivity contribution in [3.63, 3.8) is 0 Å². The van der Waals surface area contributed by atoms with Gasteiger partial charge in [-0.1, -0.05) is 18.2 Å². The molecule has 1 aliphatic carbocycles. The number of anilines is 1. The number of fused-ring (bicyclic) bond motifs is 1. The minimum Gasteiger partial charge on any atom is -0.348 e. The van der Waals surface area contributed by atoms with E-state index in [1.165, 1.54) is 5.56 Å². The number of urea groups is 1. The molecule has 1 aromatic carbocycles. The predicted octanol–water partition coefficient (Wildman–Crippen LogP) is 2.83. The molecule has 4 rings (SSSR count). The summed E-state index contributed by atoms with van der Waals surface area (Å²) in [5, 5.41) is 3.21. The fourth-order valence-electron chi connectivity index (χ4n) is 4.11. The molecule has 2 aliphatic heterocycles. The predicted molar refractivity (Wildman–Crippen MR) is 87.5 cm³/mol. The number of carbonyl (C=O) groups is 1. The highest BCUT2D eigenvalue weighted by Gasteiger charge is 2.41. The third kappa shape index (κ3) is 2.72. The molecular formula is C18H24N2O3. The number of hydrogen-bond acceptors (Lipinski definition) is 3. The van der Waals surface area contributed by atoms with Crippen LogP contribution in [-0.2, 0) is 15.9 Å². The number of amides is 2. The zero-order chi connectivity index (χ0) is 15.9. The van der Waals surface area contributed by atoms with Crippen molar-refractivity contribution < 1.29 is 14.3 Å². The fraction of sp³-hybridized carbons (Fsp3) is 0.611. The standard InChI is InChI=1S/C18H24N2O3/c1-13-12-14-4-2-3-5-16(14)20(13)17(21)19-15-6-8-18(9-7-15)22-10-11-23-18/h2-5,13,15H,6-12H2,1H3,(H,19,21). The zero-order valence-corrected chi connectivity index (χ0v) is 13.6. The largest absolute Gasteiger partial charge is 0.348 e. The van der Waals surface area contributed by atoms with Gasteiger partial charge < -0.3 is 14.8 Å². The lowest BCUT2D eigenvalue weighted by Gasteiger charge is -2.36. The maximum atomic E-state index is 12.8. The summed E-state index contributed by atoms with van der Waals surface area (Å²) < 4.78 is 11.5. The molecule has 23 heavy (non-hydrogen) atoms. The molecule has 1 spiro atoms. The van der Waals surface area contributed by atoms with Crippen molar-refractivity contribution in [1.29, 1.82) is 0 Å². The number of rotatable bonds is 1.